The number of carbonyl (C=O) groups excluding carboxylic acids is 3. The third-order valence-electron chi connectivity index (χ3n) is 3.06. The molecule has 2 aromatic rings. The standard InChI is InChI=1S/C16H13Cl2N3O4/c1-8(25-16(24)12-6-10(17)7-13(18)21-12)15(23)20-11-4-2-9(3-5-11)14(19)22/h2-8H,1H3,(H2,19,22)(H,20,23). The van der Waals surface area contributed by atoms with Gasteiger partial charge < -0.3 is 15.8 Å². The summed E-state index contributed by atoms with van der Waals surface area (Å²) in [5.74, 6) is -1.97. The minimum atomic E-state index is -1.09. The number of halogens is 2. The lowest BCUT2D eigenvalue weighted by atomic mass is 10.2. The highest BCUT2D eigenvalue weighted by molar-refractivity contribution is 6.34. The molecule has 0 radical (unpaired) electrons. The van der Waals surface area contributed by atoms with Gasteiger partial charge in [-0.15, -0.1) is 0 Å². The molecule has 0 bridgehead atoms. The number of primary amides is 1. The molecular weight excluding hydrogens is 369 g/mol. The number of hydrogen-bond donors (Lipinski definition) is 2. The first-order valence-electron chi connectivity index (χ1n) is 7.01. The molecule has 0 aliphatic rings. The molecule has 0 aliphatic carbocycles. The van der Waals surface area contributed by atoms with Gasteiger partial charge in [-0.25, -0.2) is 9.78 Å². The van der Waals surface area contributed by atoms with E-state index in [1.54, 1.807) is 0 Å². The van der Waals surface area contributed by atoms with Crippen LogP contribution in [0, 0.1) is 0 Å². The van der Waals surface area contributed by atoms with Crippen LogP contribution < -0.4 is 11.1 Å². The van der Waals surface area contributed by atoms with Crippen molar-refractivity contribution in [1.29, 1.82) is 0 Å². The number of amides is 2. The molecule has 130 valence electrons. The predicted octanol–water partition coefficient (Wildman–Crippen LogP) is 2.67. The molecule has 9 heteroatoms. The number of ether oxygens (including phenoxy) is 1. The van der Waals surface area contributed by atoms with E-state index in [1.165, 1.54) is 43.3 Å². The summed E-state index contributed by atoms with van der Waals surface area (Å²) in [6, 6.07) is 8.59. The Kier molecular flexibility index (Phi) is 5.95. The van der Waals surface area contributed by atoms with Gasteiger partial charge in [0, 0.05) is 16.3 Å². The molecule has 2 amide bonds. The van der Waals surface area contributed by atoms with Gasteiger partial charge in [0.15, 0.2) is 11.8 Å². The van der Waals surface area contributed by atoms with Gasteiger partial charge >= 0.3 is 5.97 Å². The van der Waals surface area contributed by atoms with Crippen LogP contribution in [0.25, 0.3) is 0 Å². The van der Waals surface area contributed by atoms with E-state index in [4.69, 9.17) is 33.7 Å². The second-order valence-corrected chi connectivity index (χ2v) is 5.80. The summed E-state index contributed by atoms with van der Waals surface area (Å²) in [6.45, 7) is 1.40. The van der Waals surface area contributed by atoms with Crippen molar-refractivity contribution in [3.05, 3.63) is 57.8 Å². The van der Waals surface area contributed by atoms with Gasteiger partial charge in [0.1, 0.15) is 5.15 Å². The molecule has 3 N–H and O–H groups in total. The van der Waals surface area contributed by atoms with Gasteiger partial charge in [-0.3, -0.25) is 9.59 Å². The van der Waals surface area contributed by atoms with Crippen LogP contribution >= 0.6 is 23.2 Å². The maximum Gasteiger partial charge on any atom is 0.357 e. The van der Waals surface area contributed by atoms with Gasteiger partial charge in [-0.2, -0.15) is 0 Å². The fourth-order valence-corrected chi connectivity index (χ4v) is 2.28. The van der Waals surface area contributed by atoms with Crippen molar-refractivity contribution in [2.75, 3.05) is 5.32 Å². The average Bonchev–Trinajstić information content (AvgIpc) is 2.54. The number of aromatic nitrogens is 1. The largest absolute Gasteiger partial charge is 0.448 e. The highest BCUT2D eigenvalue weighted by atomic mass is 35.5. The lowest BCUT2D eigenvalue weighted by Gasteiger charge is -2.13. The van der Waals surface area contributed by atoms with E-state index >= 15 is 0 Å². The second kappa shape index (κ2) is 7.96. The monoisotopic (exact) mass is 381 g/mol. The molecule has 0 saturated heterocycles. The molecule has 2 rings (SSSR count). The Labute approximate surface area is 153 Å². The minimum Gasteiger partial charge on any atom is -0.448 e. The van der Waals surface area contributed by atoms with E-state index < -0.39 is 23.9 Å². The number of benzene rings is 1. The molecule has 0 saturated carbocycles. The minimum absolute atomic E-state index is 0.0334. The predicted molar refractivity (Wildman–Crippen MR) is 92.7 cm³/mol. The van der Waals surface area contributed by atoms with Crippen molar-refractivity contribution in [3.8, 4) is 0 Å². The zero-order chi connectivity index (χ0) is 18.6. The summed E-state index contributed by atoms with van der Waals surface area (Å²) in [4.78, 5) is 38.9. The Morgan fingerprint density at radius 3 is 2.36 bits per heavy atom. The van der Waals surface area contributed by atoms with E-state index in [2.05, 4.69) is 10.3 Å². The normalized spacial score (nSPS) is 11.5. The maximum absolute atomic E-state index is 12.1. The third kappa shape index (κ3) is 5.17. The van der Waals surface area contributed by atoms with E-state index in [1.807, 2.05) is 0 Å². The molecular formula is C16H13Cl2N3O4. The van der Waals surface area contributed by atoms with Crippen molar-refractivity contribution in [1.82, 2.24) is 4.98 Å². The van der Waals surface area contributed by atoms with E-state index in [9.17, 15) is 14.4 Å². The highest BCUT2D eigenvalue weighted by Crippen LogP contribution is 2.17. The van der Waals surface area contributed by atoms with Crippen molar-refractivity contribution in [3.63, 3.8) is 0 Å². The van der Waals surface area contributed by atoms with Crippen LogP contribution in [0.1, 0.15) is 27.8 Å². The Morgan fingerprint density at radius 1 is 1.16 bits per heavy atom. The fourth-order valence-electron chi connectivity index (χ4n) is 1.81. The van der Waals surface area contributed by atoms with E-state index in [0.717, 1.165) is 0 Å². The molecule has 1 unspecified atom stereocenters. The lowest BCUT2D eigenvalue weighted by Crippen LogP contribution is -2.30. The lowest BCUT2D eigenvalue weighted by molar-refractivity contribution is -0.123. The molecule has 1 aromatic heterocycles. The topological polar surface area (TPSA) is 111 Å². The first kappa shape index (κ1) is 18.7. The number of anilines is 1. The van der Waals surface area contributed by atoms with E-state index in [0.29, 0.717) is 11.3 Å². The van der Waals surface area contributed by atoms with Crippen molar-refractivity contribution in [2.24, 2.45) is 5.73 Å². The SMILES string of the molecule is CC(OC(=O)c1cc(Cl)cc(Cl)n1)C(=O)Nc1ccc(C(N)=O)cc1. The Morgan fingerprint density at radius 2 is 1.80 bits per heavy atom. The number of nitrogens with two attached hydrogens (primary N) is 1. The number of rotatable bonds is 5. The Balaban J connectivity index is 1.99. The summed E-state index contributed by atoms with van der Waals surface area (Å²) in [7, 11) is 0. The highest BCUT2D eigenvalue weighted by Gasteiger charge is 2.20. The molecule has 1 heterocycles. The third-order valence-corrected chi connectivity index (χ3v) is 3.47. The quantitative estimate of drug-likeness (QED) is 0.610. The Hall–Kier alpha value is -2.64. The number of carbonyl (C=O) groups is 3. The number of pyridine rings is 1. The second-order valence-electron chi connectivity index (χ2n) is 4.97. The van der Waals surface area contributed by atoms with Gasteiger partial charge in [0.05, 0.1) is 0 Å². The van der Waals surface area contributed by atoms with Crippen LogP contribution in [0.15, 0.2) is 36.4 Å². The summed E-state index contributed by atoms with van der Waals surface area (Å²) < 4.78 is 5.04. The number of hydrogen-bond acceptors (Lipinski definition) is 5. The van der Waals surface area contributed by atoms with Crippen molar-refractivity contribution in [2.45, 2.75) is 13.0 Å². The number of nitrogens with zero attached hydrogens (tertiary/aromatic N) is 1. The fraction of sp³-hybridized carbons (Fsp3) is 0.125. The molecule has 25 heavy (non-hydrogen) atoms. The molecule has 1 aromatic carbocycles. The molecule has 7 nitrogen and oxygen atoms in total. The summed E-state index contributed by atoms with van der Waals surface area (Å²) in [5, 5.41) is 2.80. The number of nitrogens with one attached hydrogen (secondary N) is 1. The average molecular weight is 382 g/mol. The van der Waals surface area contributed by atoms with Crippen molar-refractivity contribution >= 4 is 46.7 Å². The van der Waals surface area contributed by atoms with Crippen LogP contribution in [-0.2, 0) is 9.53 Å². The van der Waals surface area contributed by atoms with Gasteiger partial charge in [0.25, 0.3) is 5.91 Å². The first-order chi connectivity index (χ1) is 11.8. The van der Waals surface area contributed by atoms with Gasteiger partial charge in [-0.1, -0.05) is 23.2 Å². The van der Waals surface area contributed by atoms with E-state index in [-0.39, 0.29) is 15.9 Å². The summed E-state index contributed by atoms with van der Waals surface area (Å²) >= 11 is 11.5. The van der Waals surface area contributed by atoms with Crippen LogP contribution in [0.2, 0.25) is 10.2 Å². The van der Waals surface area contributed by atoms with Crippen LogP contribution in [-0.4, -0.2) is 28.9 Å². The smallest absolute Gasteiger partial charge is 0.357 e. The van der Waals surface area contributed by atoms with Gasteiger partial charge in [-0.05, 0) is 43.3 Å². The first-order valence-corrected chi connectivity index (χ1v) is 7.76. The van der Waals surface area contributed by atoms with Crippen LogP contribution in [0.5, 0.6) is 0 Å². The number of esters is 1. The van der Waals surface area contributed by atoms with Crippen molar-refractivity contribution < 1.29 is 19.1 Å². The summed E-state index contributed by atoms with van der Waals surface area (Å²) in [5.41, 5.74) is 5.75. The summed E-state index contributed by atoms with van der Waals surface area (Å²) in [6.07, 6.45) is -1.09. The molecule has 0 spiro atoms. The van der Waals surface area contributed by atoms with Crippen LogP contribution in [0.4, 0.5) is 5.69 Å². The molecule has 0 aliphatic heterocycles. The molecule has 0 fully saturated rings. The van der Waals surface area contributed by atoms with Crippen LogP contribution in [0.3, 0.4) is 0 Å². The van der Waals surface area contributed by atoms with Gasteiger partial charge in [0.2, 0.25) is 5.91 Å². The zero-order valence-corrected chi connectivity index (χ0v) is 14.5. The zero-order valence-electron chi connectivity index (χ0n) is 13.0. The maximum atomic E-state index is 12.1. The Bertz CT molecular complexity index is 804. The molecule has 1 atom stereocenters.